The highest BCUT2D eigenvalue weighted by Crippen LogP contribution is 2.28. The Kier molecular flexibility index (Phi) is 6.66. The summed E-state index contributed by atoms with van der Waals surface area (Å²) in [5.74, 6) is -3.81. The average molecular weight is 473 g/mol. The molecule has 0 radical (unpaired) electrons. The van der Waals surface area contributed by atoms with Crippen LogP contribution in [0.2, 0.25) is 0 Å². The maximum atomic E-state index is 13.3. The standard InChI is InChI=1S/C22H21F2N5O5/c1-11-8-18(33-14-5-2-12(3-6-14)21(31)32)25-10-17(11)27-19(30)20-28-29-22(34-20)26-13-4-7-15(23)16(24)9-13/h4,7-10,12,14H,2-3,5-6H2,1H3,(H,26,29)(H,27,30)(H,31,32)/t12-,14-. The smallest absolute Gasteiger partial charge is 0.320 e. The number of aromatic nitrogens is 3. The van der Waals surface area contributed by atoms with Crippen molar-refractivity contribution in [1.29, 1.82) is 0 Å². The zero-order valence-electron chi connectivity index (χ0n) is 18.0. The number of carbonyl (C=O) groups excluding carboxylic acids is 1. The fraction of sp³-hybridized carbons (Fsp3) is 0.318. The van der Waals surface area contributed by atoms with Gasteiger partial charge in [0.1, 0.15) is 6.10 Å². The van der Waals surface area contributed by atoms with Gasteiger partial charge in [0, 0.05) is 17.8 Å². The number of amides is 1. The van der Waals surface area contributed by atoms with E-state index in [-0.39, 0.29) is 29.6 Å². The van der Waals surface area contributed by atoms with Crippen LogP contribution in [0.4, 0.5) is 26.2 Å². The molecule has 1 amide bonds. The van der Waals surface area contributed by atoms with Crippen LogP contribution in [0.15, 0.2) is 34.9 Å². The number of benzene rings is 1. The van der Waals surface area contributed by atoms with Gasteiger partial charge in [0.25, 0.3) is 0 Å². The highest BCUT2D eigenvalue weighted by Gasteiger charge is 2.27. The van der Waals surface area contributed by atoms with Crippen molar-refractivity contribution >= 4 is 29.3 Å². The number of carbonyl (C=O) groups is 2. The van der Waals surface area contributed by atoms with Crippen molar-refractivity contribution < 1.29 is 32.6 Å². The lowest BCUT2D eigenvalue weighted by Gasteiger charge is -2.26. The monoisotopic (exact) mass is 473 g/mol. The van der Waals surface area contributed by atoms with Gasteiger partial charge in [-0.3, -0.25) is 9.59 Å². The third kappa shape index (κ3) is 5.45. The Balaban J connectivity index is 1.34. The van der Waals surface area contributed by atoms with Crippen molar-refractivity contribution in [3.8, 4) is 5.88 Å². The largest absolute Gasteiger partial charge is 0.481 e. The predicted octanol–water partition coefficient (Wildman–Crippen LogP) is 4.07. The van der Waals surface area contributed by atoms with Crippen LogP contribution in [0, 0.1) is 24.5 Å². The minimum atomic E-state index is -1.05. The highest BCUT2D eigenvalue weighted by atomic mass is 19.2. The molecule has 1 aliphatic rings. The van der Waals surface area contributed by atoms with Crippen LogP contribution in [0.3, 0.4) is 0 Å². The summed E-state index contributed by atoms with van der Waals surface area (Å²) in [5, 5.41) is 21.6. The number of carboxylic acids is 1. The molecule has 0 unspecified atom stereocenters. The van der Waals surface area contributed by atoms with Gasteiger partial charge in [-0.25, -0.2) is 13.8 Å². The summed E-state index contributed by atoms with van der Waals surface area (Å²) in [6.07, 6.45) is 3.71. The Morgan fingerprint density at radius 1 is 1.12 bits per heavy atom. The molecular formula is C22H21F2N5O5. The minimum absolute atomic E-state index is 0.109. The molecule has 3 aromatic rings. The lowest BCUT2D eigenvalue weighted by atomic mass is 9.87. The van der Waals surface area contributed by atoms with Gasteiger partial charge in [-0.15, -0.1) is 5.10 Å². The third-order valence-corrected chi connectivity index (χ3v) is 5.43. The first kappa shape index (κ1) is 23.1. The Labute approximate surface area is 192 Å². The molecule has 34 heavy (non-hydrogen) atoms. The van der Waals surface area contributed by atoms with Gasteiger partial charge in [0.15, 0.2) is 11.6 Å². The number of nitrogens with zero attached hydrogens (tertiary/aromatic N) is 3. The predicted molar refractivity (Wildman–Crippen MR) is 115 cm³/mol. The number of pyridine rings is 1. The Morgan fingerprint density at radius 3 is 2.56 bits per heavy atom. The van der Waals surface area contributed by atoms with E-state index in [9.17, 15) is 18.4 Å². The van der Waals surface area contributed by atoms with Crippen molar-refractivity contribution in [2.75, 3.05) is 10.6 Å². The van der Waals surface area contributed by atoms with Crippen molar-refractivity contribution in [3.63, 3.8) is 0 Å². The van der Waals surface area contributed by atoms with Gasteiger partial charge in [0.2, 0.25) is 5.88 Å². The number of aliphatic carboxylic acids is 1. The number of hydrogen-bond acceptors (Lipinski definition) is 8. The summed E-state index contributed by atoms with van der Waals surface area (Å²) in [6.45, 7) is 1.76. The van der Waals surface area contributed by atoms with E-state index in [2.05, 4.69) is 25.8 Å². The summed E-state index contributed by atoms with van der Waals surface area (Å²) in [6, 6.07) is 4.62. The summed E-state index contributed by atoms with van der Waals surface area (Å²) < 4.78 is 37.4. The molecule has 0 aliphatic heterocycles. The first-order valence-corrected chi connectivity index (χ1v) is 10.5. The summed E-state index contributed by atoms with van der Waals surface area (Å²) in [7, 11) is 0. The van der Waals surface area contributed by atoms with E-state index in [4.69, 9.17) is 14.3 Å². The fourth-order valence-electron chi connectivity index (χ4n) is 3.56. The number of carboxylic acid groups (broad SMARTS) is 1. The second kappa shape index (κ2) is 9.81. The molecule has 4 rings (SSSR count). The van der Waals surface area contributed by atoms with E-state index in [0.717, 1.165) is 12.1 Å². The molecule has 0 spiro atoms. The molecule has 178 valence electrons. The lowest BCUT2D eigenvalue weighted by Crippen LogP contribution is -2.28. The molecule has 3 N–H and O–H groups in total. The van der Waals surface area contributed by atoms with Gasteiger partial charge in [-0.1, -0.05) is 5.10 Å². The minimum Gasteiger partial charge on any atom is -0.481 e. The second-order valence-corrected chi connectivity index (χ2v) is 7.89. The molecule has 0 bridgehead atoms. The normalized spacial score (nSPS) is 17.7. The zero-order chi connectivity index (χ0) is 24.2. The Hall–Kier alpha value is -4.09. The number of rotatable bonds is 7. The Morgan fingerprint density at radius 2 is 1.88 bits per heavy atom. The van der Waals surface area contributed by atoms with Crippen LogP contribution in [0.1, 0.15) is 41.9 Å². The third-order valence-electron chi connectivity index (χ3n) is 5.43. The molecule has 2 heterocycles. The van der Waals surface area contributed by atoms with Gasteiger partial charge < -0.3 is 24.9 Å². The Bertz CT molecular complexity index is 1210. The van der Waals surface area contributed by atoms with Gasteiger partial charge in [-0.2, -0.15) is 0 Å². The molecule has 1 fully saturated rings. The van der Waals surface area contributed by atoms with Crippen LogP contribution >= 0.6 is 0 Å². The van der Waals surface area contributed by atoms with Gasteiger partial charge in [-0.05, 0) is 50.3 Å². The van der Waals surface area contributed by atoms with Crippen LogP contribution < -0.4 is 15.4 Å². The average Bonchev–Trinajstić information content (AvgIpc) is 3.27. The summed E-state index contributed by atoms with van der Waals surface area (Å²) >= 11 is 0. The summed E-state index contributed by atoms with van der Waals surface area (Å²) in [5.41, 5.74) is 1.25. The van der Waals surface area contributed by atoms with Crippen molar-refractivity contribution in [2.45, 2.75) is 38.7 Å². The molecule has 1 saturated carbocycles. The highest BCUT2D eigenvalue weighted by molar-refractivity contribution is 6.01. The maximum absolute atomic E-state index is 13.3. The van der Waals surface area contributed by atoms with E-state index < -0.39 is 23.5 Å². The number of ether oxygens (including phenoxy) is 1. The van der Waals surface area contributed by atoms with Crippen molar-refractivity contribution in [1.82, 2.24) is 15.2 Å². The lowest BCUT2D eigenvalue weighted by molar-refractivity contribution is -0.143. The molecule has 1 aliphatic carbocycles. The van der Waals surface area contributed by atoms with E-state index in [1.54, 1.807) is 13.0 Å². The molecule has 12 heteroatoms. The molecule has 0 saturated heterocycles. The molecule has 2 aromatic heterocycles. The zero-order valence-corrected chi connectivity index (χ0v) is 18.0. The fourth-order valence-corrected chi connectivity index (χ4v) is 3.56. The first-order chi connectivity index (χ1) is 16.3. The van der Waals surface area contributed by atoms with Crippen LogP contribution in [0.5, 0.6) is 5.88 Å². The number of halogens is 2. The number of nitrogens with one attached hydrogen (secondary N) is 2. The second-order valence-electron chi connectivity index (χ2n) is 7.89. The van der Waals surface area contributed by atoms with Crippen molar-refractivity contribution in [3.05, 3.63) is 53.6 Å². The summed E-state index contributed by atoms with van der Waals surface area (Å²) in [4.78, 5) is 27.7. The van der Waals surface area contributed by atoms with Gasteiger partial charge >= 0.3 is 23.8 Å². The van der Waals surface area contributed by atoms with Crippen LogP contribution in [-0.4, -0.2) is 38.3 Å². The van der Waals surface area contributed by atoms with Crippen LogP contribution in [0.25, 0.3) is 0 Å². The quantitative estimate of drug-likeness (QED) is 0.463. The molecule has 1 aromatic carbocycles. The van der Waals surface area contributed by atoms with E-state index >= 15 is 0 Å². The maximum Gasteiger partial charge on any atom is 0.320 e. The number of hydrogen-bond donors (Lipinski definition) is 3. The van der Waals surface area contributed by atoms with E-state index in [0.29, 0.717) is 42.8 Å². The van der Waals surface area contributed by atoms with Crippen molar-refractivity contribution in [2.24, 2.45) is 5.92 Å². The first-order valence-electron chi connectivity index (χ1n) is 10.5. The number of anilines is 3. The van der Waals surface area contributed by atoms with E-state index in [1.165, 1.54) is 12.3 Å². The topological polar surface area (TPSA) is 139 Å². The molecule has 0 atom stereocenters. The van der Waals surface area contributed by atoms with E-state index in [1.807, 2.05) is 0 Å². The SMILES string of the molecule is Cc1cc(O[C@H]2CC[C@H](C(=O)O)CC2)ncc1NC(=O)c1nnc(Nc2ccc(F)c(F)c2)o1. The molecular weight excluding hydrogens is 452 g/mol. The van der Waals surface area contributed by atoms with Crippen LogP contribution in [-0.2, 0) is 4.79 Å². The van der Waals surface area contributed by atoms with Gasteiger partial charge in [0.05, 0.1) is 17.8 Å². The number of aryl methyl sites for hydroxylation is 1. The molecule has 10 nitrogen and oxygen atoms in total.